The lowest BCUT2D eigenvalue weighted by Gasteiger charge is -2.31. The maximum atomic E-state index is 13.0. The number of methoxy groups -OCH3 is 1. The minimum absolute atomic E-state index is 0.150. The number of aromatic nitrogens is 1. The van der Waals surface area contributed by atoms with Gasteiger partial charge in [-0.05, 0) is 37.1 Å². The molecule has 1 aliphatic rings. The van der Waals surface area contributed by atoms with Crippen LogP contribution in [0.25, 0.3) is 11.3 Å². The van der Waals surface area contributed by atoms with E-state index >= 15 is 0 Å². The second kappa shape index (κ2) is 9.17. The van der Waals surface area contributed by atoms with Crippen molar-refractivity contribution in [3.05, 3.63) is 60.0 Å². The molecule has 4 rings (SSSR count). The van der Waals surface area contributed by atoms with E-state index in [1.165, 1.54) is 34.9 Å². The van der Waals surface area contributed by atoms with Gasteiger partial charge in [-0.2, -0.15) is 4.31 Å². The number of hydrogen-bond acceptors (Lipinski definition) is 6. The Morgan fingerprint density at radius 3 is 2.61 bits per heavy atom. The molecule has 31 heavy (non-hydrogen) atoms. The fraction of sp³-hybridized carbons (Fsp3) is 0.273. The molecule has 0 radical (unpaired) electrons. The zero-order valence-electron chi connectivity index (χ0n) is 17.0. The van der Waals surface area contributed by atoms with Crippen LogP contribution in [-0.2, 0) is 14.8 Å². The van der Waals surface area contributed by atoms with Crippen LogP contribution in [0.4, 0.5) is 5.13 Å². The van der Waals surface area contributed by atoms with Crippen molar-refractivity contribution in [2.24, 2.45) is 5.92 Å². The lowest BCUT2D eigenvalue weighted by Crippen LogP contribution is -2.43. The van der Waals surface area contributed by atoms with Crippen molar-refractivity contribution < 1.29 is 17.9 Å². The summed E-state index contributed by atoms with van der Waals surface area (Å²) in [4.78, 5) is 17.5. The molecule has 0 saturated carbocycles. The zero-order valence-corrected chi connectivity index (χ0v) is 18.7. The number of sulfonamides is 1. The van der Waals surface area contributed by atoms with E-state index in [1.54, 1.807) is 12.1 Å². The van der Waals surface area contributed by atoms with Gasteiger partial charge in [-0.25, -0.2) is 13.4 Å². The average Bonchev–Trinajstić information content (AvgIpc) is 3.28. The van der Waals surface area contributed by atoms with E-state index in [1.807, 2.05) is 35.7 Å². The average molecular weight is 458 g/mol. The van der Waals surface area contributed by atoms with Crippen LogP contribution in [0.3, 0.4) is 0 Å². The quantitative estimate of drug-likeness (QED) is 0.607. The molecule has 9 heteroatoms. The minimum Gasteiger partial charge on any atom is -0.497 e. The standard InChI is InChI=1S/C22H23N3O4S2/c1-29-18-9-11-19(12-10-18)31(27,28)25-13-5-8-17(14-25)21(26)24-22-23-20(15-30-22)16-6-3-2-4-7-16/h2-4,6-7,9-12,15,17H,5,8,13-14H2,1H3,(H,23,24,26). The highest BCUT2D eigenvalue weighted by Crippen LogP contribution is 2.28. The third-order valence-corrected chi connectivity index (χ3v) is 7.89. The Balaban J connectivity index is 1.43. The predicted octanol–water partition coefficient (Wildman–Crippen LogP) is 3.86. The van der Waals surface area contributed by atoms with Gasteiger partial charge in [0.05, 0.1) is 23.6 Å². The van der Waals surface area contributed by atoms with E-state index in [2.05, 4.69) is 10.3 Å². The molecule has 2 heterocycles. The third-order valence-electron chi connectivity index (χ3n) is 5.26. The monoisotopic (exact) mass is 457 g/mol. The lowest BCUT2D eigenvalue weighted by molar-refractivity contribution is -0.120. The molecule has 1 fully saturated rings. The van der Waals surface area contributed by atoms with E-state index in [4.69, 9.17) is 4.74 Å². The first-order valence-electron chi connectivity index (χ1n) is 9.93. The highest BCUT2D eigenvalue weighted by molar-refractivity contribution is 7.89. The number of nitrogens with zero attached hydrogens (tertiary/aromatic N) is 2. The minimum atomic E-state index is -3.67. The van der Waals surface area contributed by atoms with Gasteiger partial charge in [0.25, 0.3) is 0 Å². The highest BCUT2D eigenvalue weighted by atomic mass is 32.2. The number of carbonyl (C=O) groups excluding carboxylic acids is 1. The van der Waals surface area contributed by atoms with Crippen molar-refractivity contribution in [3.8, 4) is 17.0 Å². The molecule has 1 amide bonds. The molecular formula is C22H23N3O4S2. The summed E-state index contributed by atoms with van der Waals surface area (Å²) in [5, 5.41) is 5.27. The fourth-order valence-electron chi connectivity index (χ4n) is 3.55. The van der Waals surface area contributed by atoms with Crippen LogP contribution in [0.1, 0.15) is 12.8 Å². The van der Waals surface area contributed by atoms with Crippen LogP contribution in [0.15, 0.2) is 64.9 Å². The van der Waals surface area contributed by atoms with E-state index in [0.29, 0.717) is 30.3 Å². The smallest absolute Gasteiger partial charge is 0.243 e. The van der Waals surface area contributed by atoms with Crippen molar-refractivity contribution in [1.82, 2.24) is 9.29 Å². The summed E-state index contributed by atoms with van der Waals surface area (Å²) in [6, 6.07) is 16.0. The van der Waals surface area contributed by atoms with E-state index in [-0.39, 0.29) is 17.3 Å². The number of rotatable bonds is 6. The summed E-state index contributed by atoms with van der Waals surface area (Å²) in [5.41, 5.74) is 1.78. The Hall–Kier alpha value is -2.75. The largest absolute Gasteiger partial charge is 0.497 e. The van der Waals surface area contributed by atoms with Crippen molar-refractivity contribution in [3.63, 3.8) is 0 Å². The molecular weight excluding hydrogens is 434 g/mol. The molecule has 1 atom stereocenters. The van der Waals surface area contributed by atoms with E-state index in [0.717, 1.165) is 11.3 Å². The number of amides is 1. The van der Waals surface area contributed by atoms with Gasteiger partial charge in [0, 0.05) is 24.0 Å². The number of benzene rings is 2. The molecule has 1 aromatic heterocycles. The maximum absolute atomic E-state index is 13.0. The Morgan fingerprint density at radius 1 is 1.16 bits per heavy atom. The number of nitrogens with one attached hydrogen (secondary N) is 1. The van der Waals surface area contributed by atoms with Gasteiger partial charge >= 0.3 is 0 Å². The number of anilines is 1. The van der Waals surface area contributed by atoms with Crippen molar-refractivity contribution in [2.45, 2.75) is 17.7 Å². The van der Waals surface area contributed by atoms with Gasteiger partial charge in [0.2, 0.25) is 15.9 Å². The molecule has 1 unspecified atom stereocenters. The van der Waals surface area contributed by atoms with Crippen LogP contribution in [0, 0.1) is 5.92 Å². The van der Waals surface area contributed by atoms with Crippen LogP contribution in [-0.4, -0.2) is 43.8 Å². The van der Waals surface area contributed by atoms with Gasteiger partial charge in [-0.15, -0.1) is 11.3 Å². The first kappa shape index (κ1) is 21.5. The number of hydrogen-bond donors (Lipinski definition) is 1. The topological polar surface area (TPSA) is 88.6 Å². The lowest BCUT2D eigenvalue weighted by atomic mass is 9.99. The SMILES string of the molecule is COc1ccc(S(=O)(=O)N2CCCC(C(=O)Nc3nc(-c4ccccc4)cs3)C2)cc1. The van der Waals surface area contributed by atoms with Gasteiger partial charge < -0.3 is 10.1 Å². The third kappa shape index (κ3) is 4.79. The molecule has 0 aliphatic carbocycles. The second-order valence-electron chi connectivity index (χ2n) is 7.27. The summed E-state index contributed by atoms with van der Waals surface area (Å²) < 4.78 is 32.5. The normalized spacial score (nSPS) is 17.3. The number of ether oxygens (including phenoxy) is 1. The number of carbonyl (C=O) groups is 1. The van der Waals surface area contributed by atoms with Gasteiger partial charge in [-0.1, -0.05) is 30.3 Å². The first-order chi connectivity index (χ1) is 15.0. The summed E-state index contributed by atoms with van der Waals surface area (Å²) in [7, 11) is -2.14. The molecule has 1 N–H and O–H groups in total. The van der Waals surface area contributed by atoms with Gasteiger partial charge in [-0.3, -0.25) is 4.79 Å². The van der Waals surface area contributed by atoms with Crippen molar-refractivity contribution in [2.75, 3.05) is 25.5 Å². The summed E-state index contributed by atoms with van der Waals surface area (Å²) in [5.74, 6) is -0.0393. The maximum Gasteiger partial charge on any atom is 0.243 e. The van der Waals surface area contributed by atoms with Crippen LogP contribution in [0.2, 0.25) is 0 Å². The number of thiazole rings is 1. The zero-order chi connectivity index (χ0) is 21.8. The Bertz CT molecular complexity index is 1150. The van der Waals surface area contributed by atoms with E-state index < -0.39 is 15.9 Å². The Labute approximate surface area is 185 Å². The Kier molecular flexibility index (Phi) is 6.35. The molecule has 3 aromatic rings. The van der Waals surface area contributed by atoms with Crippen molar-refractivity contribution in [1.29, 1.82) is 0 Å². The van der Waals surface area contributed by atoms with Gasteiger partial charge in [0.15, 0.2) is 5.13 Å². The molecule has 0 bridgehead atoms. The molecule has 0 spiro atoms. The van der Waals surface area contributed by atoms with Crippen LogP contribution < -0.4 is 10.1 Å². The van der Waals surface area contributed by atoms with Crippen LogP contribution >= 0.6 is 11.3 Å². The summed E-state index contributed by atoms with van der Waals surface area (Å²) in [6.07, 6.45) is 1.26. The second-order valence-corrected chi connectivity index (χ2v) is 10.1. The van der Waals surface area contributed by atoms with Gasteiger partial charge in [0.1, 0.15) is 5.75 Å². The predicted molar refractivity (Wildman–Crippen MR) is 121 cm³/mol. The summed E-state index contributed by atoms with van der Waals surface area (Å²) in [6.45, 7) is 0.546. The molecule has 7 nitrogen and oxygen atoms in total. The molecule has 1 saturated heterocycles. The molecule has 162 valence electrons. The molecule has 1 aliphatic heterocycles. The number of piperidine rings is 1. The Morgan fingerprint density at radius 2 is 1.90 bits per heavy atom. The van der Waals surface area contributed by atoms with E-state index in [9.17, 15) is 13.2 Å². The van der Waals surface area contributed by atoms with Crippen LogP contribution in [0.5, 0.6) is 5.75 Å². The fourth-order valence-corrected chi connectivity index (χ4v) is 5.80. The van der Waals surface area contributed by atoms with Crippen molar-refractivity contribution >= 4 is 32.4 Å². The summed E-state index contributed by atoms with van der Waals surface area (Å²) >= 11 is 1.36. The molecule has 2 aromatic carbocycles. The highest BCUT2D eigenvalue weighted by Gasteiger charge is 2.33. The first-order valence-corrected chi connectivity index (χ1v) is 12.3.